The molecule has 0 spiro atoms. The van der Waals surface area contributed by atoms with Gasteiger partial charge < -0.3 is 4.74 Å². The molecule has 1 amide bonds. The van der Waals surface area contributed by atoms with Gasteiger partial charge in [-0.3, -0.25) is 19.9 Å². The summed E-state index contributed by atoms with van der Waals surface area (Å²) < 4.78 is 5.95. The van der Waals surface area contributed by atoms with Gasteiger partial charge in [-0.05, 0) is 51.8 Å². The van der Waals surface area contributed by atoms with Crippen molar-refractivity contribution < 1.29 is 19.2 Å². The molecular weight excluding hydrogens is 456 g/mol. The number of rotatable bonds is 6. The number of aromatic nitrogens is 1. The van der Waals surface area contributed by atoms with Crippen LogP contribution in [0.1, 0.15) is 26.3 Å². The molecule has 150 valence electrons. The Bertz CT molecular complexity index is 1130. The summed E-state index contributed by atoms with van der Waals surface area (Å²) in [6, 6.07) is 13.2. The number of amides is 1. The van der Waals surface area contributed by atoms with Crippen molar-refractivity contribution in [1.82, 2.24) is 10.4 Å². The third kappa shape index (κ3) is 5.55. The standard InChI is InChI=1S/C20H13BrN4O5/c21-16-9-15(11-22-12-16)19(26)24-23-10-13-2-1-3-18(8-13)30-20(27)14-4-6-17(7-5-14)25(28)29/h1-12H,(H,24,26)/b23-10-. The number of nitrogens with one attached hydrogen (secondary N) is 1. The molecule has 0 aliphatic carbocycles. The van der Waals surface area contributed by atoms with Crippen molar-refractivity contribution in [3.63, 3.8) is 0 Å². The highest BCUT2D eigenvalue weighted by atomic mass is 79.9. The molecule has 0 fully saturated rings. The van der Waals surface area contributed by atoms with Gasteiger partial charge in [-0.25, -0.2) is 10.2 Å². The Kier molecular flexibility index (Phi) is 6.60. The number of benzene rings is 2. The minimum atomic E-state index is -0.658. The van der Waals surface area contributed by atoms with Gasteiger partial charge in [-0.1, -0.05) is 12.1 Å². The van der Waals surface area contributed by atoms with Gasteiger partial charge in [0, 0.05) is 29.0 Å². The average Bonchev–Trinajstić information content (AvgIpc) is 2.74. The lowest BCUT2D eigenvalue weighted by Crippen LogP contribution is -2.17. The van der Waals surface area contributed by atoms with Crippen LogP contribution >= 0.6 is 15.9 Å². The number of ether oxygens (including phenoxy) is 1. The average molecular weight is 469 g/mol. The zero-order valence-corrected chi connectivity index (χ0v) is 16.8. The van der Waals surface area contributed by atoms with Crippen LogP contribution in [0, 0.1) is 10.1 Å². The fourth-order valence-electron chi connectivity index (χ4n) is 2.31. The SMILES string of the molecule is O=C(N/N=C\c1cccc(OC(=O)c2ccc([N+](=O)[O-])cc2)c1)c1cncc(Br)c1. The topological polar surface area (TPSA) is 124 Å². The molecule has 0 aliphatic rings. The van der Waals surface area contributed by atoms with Crippen LogP contribution in [-0.4, -0.2) is 28.0 Å². The quantitative estimate of drug-likeness (QED) is 0.193. The van der Waals surface area contributed by atoms with Crippen LogP contribution in [0.2, 0.25) is 0 Å². The highest BCUT2D eigenvalue weighted by Crippen LogP contribution is 2.17. The first kappa shape index (κ1) is 20.8. The number of esters is 1. The van der Waals surface area contributed by atoms with Crippen molar-refractivity contribution in [1.29, 1.82) is 0 Å². The van der Waals surface area contributed by atoms with Crippen LogP contribution in [0.25, 0.3) is 0 Å². The number of nitro benzene ring substituents is 1. The van der Waals surface area contributed by atoms with E-state index >= 15 is 0 Å². The van der Waals surface area contributed by atoms with E-state index in [1.807, 2.05) is 0 Å². The molecule has 0 saturated heterocycles. The monoisotopic (exact) mass is 468 g/mol. The van der Waals surface area contributed by atoms with E-state index in [0.29, 0.717) is 15.6 Å². The maximum atomic E-state index is 12.2. The highest BCUT2D eigenvalue weighted by molar-refractivity contribution is 9.10. The third-order valence-corrected chi connectivity index (χ3v) is 4.16. The summed E-state index contributed by atoms with van der Waals surface area (Å²) in [4.78, 5) is 38.3. The maximum absolute atomic E-state index is 12.2. The Morgan fingerprint density at radius 2 is 1.87 bits per heavy atom. The van der Waals surface area contributed by atoms with Crippen molar-refractivity contribution in [3.05, 3.63) is 98.3 Å². The molecule has 3 aromatic rings. The number of nitrogens with zero attached hydrogens (tertiary/aromatic N) is 3. The van der Waals surface area contributed by atoms with Gasteiger partial charge in [0.05, 0.1) is 22.3 Å². The van der Waals surface area contributed by atoms with Crippen LogP contribution in [0.15, 0.2) is 76.6 Å². The number of carbonyl (C=O) groups is 2. The fraction of sp³-hybridized carbons (Fsp3) is 0. The largest absolute Gasteiger partial charge is 0.423 e. The van der Waals surface area contributed by atoms with Crippen LogP contribution in [0.4, 0.5) is 5.69 Å². The van der Waals surface area contributed by atoms with E-state index < -0.39 is 16.8 Å². The number of pyridine rings is 1. The summed E-state index contributed by atoms with van der Waals surface area (Å²) in [5.74, 6) is -0.833. The molecule has 1 heterocycles. The molecule has 0 bridgehead atoms. The van der Waals surface area contributed by atoms with Crippen molar-refractivity contribution in [2.24, 2.45) is 5.10 Å². The van der Waals surface area contributed by atoms with Crippen LogP contribution in [0.5, 0.6) is 5.75 Å². The van der Waals surface area contributed by atoms with E-state index in [1.165, 1.54) is 36.7 Å². The number of halogens is 1. The van der Waals surface area contributed by atoms with E-state index in [4.69, 9.17) is 4.74 Å². The molecule has 3 rings (SSSR count). The second-order valence-electron chi connectivity index (χ2n) is 5.86. The van der Waals surface area contributed by atoms with Gasteiger partial charge >= 0.3 is 5.97 Å². The predicted molar refractivity (Wildman–Crippen MR) is 111 cm³/mol. The normalized spacial score (nSPS) is 10.6. The summed E-state index contributed by atoms with van der Waals surface area (Å²) in [6.07, 6.45) is 4.37. The first-order chi connectivity index (χ1) is 14.4. The second kappa shape index (κ2) is 9.52. The number of nitro groups is 1. The van der Waals surface area contributed by atoms with E-state index in [2.05, 4.69) is 31.4 Å². The van der Waals surface area contributed by atoms with Crippen molar-refractivity contribution in [2.45, 2.75) is 0 Å². The molecule has 30 heavy (non-hydrogen) atoms. The van der Waals surface area contributed by atoms with Gasteiger partial charge in [0.25, 0.3) is 11.6 Å². The Balaban J connectivity index is 1.62. The Morgan fingerprint density at radius 3 is 2.57 bits per heavy atom. The summed E-state index contributed by atoms with van der Waals surface area (Å²) in [7, 11) is 0. The van der Waals surface area contributed by atoms with E-state index in [1.54, 1.807) is 36.5 Å². The Morgan fingerprint density at radius 1 is 1.10 bits per heavy atom. The van der Waals surface area contributed by atoms with Gasteiger partial charge in [0.2, 0.25) is 0 Å². The molecule has 0 aliphatic heterocycles. The van der Waals surface area contributed by atoms with Crippen molar-refractivity contribution in [3.8, 4) is 5.75 Å². The molecule has 0 saturated carbocycles. The van der Waals surface area contributed by atoms with Gasteiger partial charge in [-0.2, -0.15) is 5.10 Å². The zero-order chi connectivity index (χ0) is 21.5. The smallest absolute Gasteiger partial charge is 0.343 e. The molecule has 1 N–H and O–H groups in total. The first-order valence-electron chi connectivity index (χ1n) is 8.43. The summed E-state index contributed by atoms with van der Waals surface area (Å²) >= 11 is 3.24. The van der Waals surface area contributed by atoms with Crippen molar-refractivity contribution in [2.75, 3.05) is 0 Å². The fourth-order valence-corrected chi connectivity index (χ4v) is 2.67. The molecule has 1 aromatic heterocycles. The molecular formula is C20H13BrN4O5. The maximum Gasteiger partial charge on any atom is 0.343 e. The molecule has 9 nitrogen and oxygen atoms in total. The lowest BCUT2D eigenvalue weighted by atomic mass is 10.2. The number of hydrogen-bond donors (Lipinski definition) is 1. The summed E-state index contributed by atoms with van der Waals surface area (Å²) in [5, 5.41) is 14.6. The van der Waals surface area contributed by atoms with Crippen LogP contribution in [-0.2, 0) is 0 Å². The number of hydrogen-bond acceptors (Lipinski definition) is 7. The van der Waals surface area contributed by atoms with E-state index in [9.17, 15) is 19.7 Å². The van der Waals surface area contributed by atoms with Gasteiger partial charge in [0.1, 0.15) is 5.75 Å². The summed E-state index contributed by atoms with van der Waals surface area (Å²) in [5.41, 5.74) is 3.36. The molecule has 0 radical (unpaired) electrons. The highest BCUT2D eigenvalue weighted by Gasteiger charge is 2.12. The zero-order valence-electron chi connectivity index (χ0n) is 15.2. The molecule has 2 aromatic carbocycles. The predicted octanol–water partition coefficient (Wildman–Crippen LogP) is 3.74. The second-order valence-corrected chi connectivity index (χ2v) is 6.77. The minimum Gasteiger partial charge on any atom is -0.423 e. The molecule has 0 unspecified atom stereocenters. The summed E-state index contributed by atoms with van der Waals surface area (Å²) in [6.45, 7) is 0. The van der Waals surface area contributed by atoms with Crippen LogP contribution < -0.4 is 10.2 Å². The van der Waals surface area contributed by atoms with Gasteiger partial charge in [-0.15, -0.1) is 0 Å². The van der Waals surface area contributed by atoms with E-state index in [-0.39, 0.29) is 17.0 Å². The lowest BCUT2D eigenvalue weighted by molar-refractivity contribution is -0.384. The lowest BCUT2D eigenvalue weighted by Gasteiger charge is -2.05. The third-order valence-electron chi connectivity index (χ3n) is 3.73. The first-order valence-corrected chi connectivity index (χ1v) is 9.22. The van der Waals surface area contributed by atoms with E-state index in [0.717, 1.165) is 0 Å². The van der Waals surface area contributed by atoms with Gasteiger partial charge in [0.15, 0.2) is 0 Å². The number of hydrazone groups is 1. The molecule has 0 atom stereocenters. The Hall–Kier alpha value is -3.92. The van der Waals surface area contributed by atoms with Crippen molar-refractivity contribution >= 4 is 39.7 Å². The van der Waals surface area contributed by atoms with Crippen LogP contribution in [0.3, 0.4) is 0 Å². The number of carbonyl (C=O) groups excluding carboxylic acids is 2. The molecule has 10 heteroatoms. The number of non-ortho nitro benzene ring substituents is 1. The Labute approximate surface area is 178 Å². The minimum absolute atomic E-state index is 0.120.